The van der Waals surface area contributed by atoms with E-state index < -0.39 is 17.8 Å². The van der Waals surface area contributed by atoms with Gasteiger partial charge in [0.15, 0.2) is 0 Å². The molecule has 0 saturated heterocycles. The van der Waals surface area contributed by atoms with Crippen LogP contribution in [0.5, 0.6) is 0 Å². The van der Waals surface area contributed by atoms with Crippen molar-refractivity contribution in [2.75, 3.05) is 11.2 Å². The fraction of sp³-hybridized carbons (Fsp3) is 0.100. The fourth-order valence-corrected chi connectivity index (χ4v) is 1.36. The van der Waals surface area contributed by atoms with Gasteiger partial charge < -0.3 is 11.1 Å². The number of hydrogen-bond acceptors (Lipinski definition) is 3. The summed E-state index contributed by atoms with van der Waals surface area (Å²) in [6, 6.07) is 3.13. The Hall–Kier alpha value is -1.79. The Kier molecular flexibility index (Phi) is 4.94. The summed E-state index contributed by atoms with van der Waals surface area (Å²) in [6.07, 6.45) is 0. The number of alkyl halides is 1. The van der Waals surface area contributed by atoms with Crippen LogP contribution in [-0.4, -0.2) is 23.7 Å². The Morgan fingerprint density at radius 1 is 1.28 bits per heavy atom. The lowest BCUT2D eigenvalue weighted by Crippen LogP contribution is -2.34. The van der Waals surface area contributed by atoms with Crippen LogP contribution in [0.4, 0.5) is 10.5 Å². The van der Waals surface area contributed by atoms with E-state index >= 15 is 0 Å². The fourth-order valence-electron chi connectivity index (χ4n) is 1.13. The minimum atomic E-state index is -0.971. The largest absolute Gasteiger partial charge is 0.351 e. The second kappa shape index (κ2) is 6.23. The minimum absolute atomic E-state index is 0.128. The molecule has 0 aliphatic carbocycles. The molecule has 6 nitrogen and oxygen atoms in total. The van der Waals surface area contributed by atoms with Crippen molar-refractivity contribution in [1.29, 1.82) is 0 Å². The number of carbonyl (C=O) groups excluding carboxylic acids is 3. The normalized spacial score (nSPS) is 9.67. The molecule has 0 heterocycles. The number of nitrogens with two attached hydrogens (primary N) is 1. The van der Waals surface area contributed by atoms with Crippen LogP contribution in [-0.2, 0) is 4.79 Å². The number of anilines is 1. The maximum atomic E-state index is 11.5. The van der Waals surface area contributed by atoms with Gasteiger partial charge in [-0.15, -0.1) is 11.6 Å². The first kappa shape index (κ1) is 14.3. The molecule has 18 heavy (non-hydrogen) atoms. The zero-order valence-corrected chi connectivity index (χ0v) is 10.5. The summed E-state index contributed by atoms with van der Waals surface area (Å²) in [4.78, 5) is 33.1. The van der Waals surface area contributed by atoms with Crippen LogP contribution in [0, 0.1) is 0 Å². The Bertz CT molecular complexity index is 505. The number of rotatable bonds is 3. The lowest BCUT2D eigenvalue weighted by atomic mass is 10.2. The first-order valence-corrected chi connectivity index (χ1v) is 5.61. The first-order valence-electron chi connectivity index (χ1n) is 4.70. The minimum Gasteiger partial charge on any atom is -0.351 e. The Labute approximate surface area is 112 Å². The molecule has 8 heteroatoms. The first-order chi connectivity index (χ1) is 8.43. The van der Waals surface area contributed by atoms with Gasteiger partial charge in [0.05, 0.1) is 10.7 Å². The molecule has 1 aromatic rings. The van der Waals surface area contributed by atoms with Gasteiger partial charge in [0, 0.05) is 5.56 Å². The number of benzene rings is 1. The highest BCUT2D eigenvalue weighted by Gasteiger charge is 2.11. The van der Waals surface area contributed by atoms with Crippen molar-refractivity contribution >= 4 is 46.7 Å². The number of hydrogen-bond donors (Lipinski definition) is 3. The monoisotopic (exact) mass is 289 g/mol. The van der Waals surface area contributed by atoms with E-state index in [1.54, 1.807) is 0 Å². The summed E-state index contributed by atoms with van der Waals surface area (Å²) in [7, 11) is 0. The summed E-state index contributed by atoms with van der Waals surface area (Å²) in [5.74, 6) is -1.40. The second-order valence-electron chi connectivity index (χ2n) is 3.19. The highest BCUT2D eigenvalue weighted by molar-refractivity contribution is 6.35. The average molecular weight is 290 g/mol. The van der Waals surface area contributed by atoms with Crippen molar-refractivity contribution in [3.63, 3.8) is 0 Å². The molecule has 0 atom stereocenters. The molecule has 0 aliphatic rings. The van der Waals surface area contributed by atoms with Gasteiger partial charge in [-0.1, -0.05) is 11.6 Å². The van der Waals surface area contributed by atoms with Crippen LogP contribution in [0.25, 0.3) is 0 Å². The van der Waals surface area contributed by atoms with E-state index in [-0.39, 0.29) is 22.2 Å². The van der Waals surface area contributed by atoms with E-state index in [1.165, 1.54) is 18.2 Å². The third kappa shape index (κ3) is 3.90. The molecule has 0 aromatic heterocycles. The second-order valence-corrected chi connectivity index (χ2v) is 3.87. The van der Waals surface area contributed by atoms with E-state index in [9.17, 15) is 14.4 Å². The van der Waals surface area contributed by atoms with E-state index in [2.05, 4.69) is 5.32 Å². The third-order valence-electron chi connectivity index (χ3n) is 1.86. The molecular weight excluding hydrogens is 281 g/mol. The molecular formula is C10H9Cl2N3O3. The maximum absolute atomic E-state index is 11.5. The zero-order chi connectivity index (χ0) is 13.7. The molecule has 4 N–H and O–H groups in total. The molecule has 0 radical (unpaired) electrons. The Balaban J connectivity index is 2.96. The van der Waals surface area contributed by atoms with Crippen LogP contribution in [0.3, 0.4) is 0 Å². The number of primary amides is 1. The summed E-state index contributed by atoms with van der Waals surface area (Å²) in [5.41, 5.74) is 5.17. The maximum Gasteiger partial charge on any atom is 0.319 e. The highest BCUT2D eigenvalue weighted by Crippen LogP contribution is 2.23. The van der Waals surface area contributed by atoms with Crippen molar-refractivity contribution in [2.24, 2.45) is 5.73 Å². The number of amides is 4. The molecule has 1 rings (SSSR count). The summed E-state index contributed by atoms with van der Waals surface area (Å²) < 4.78 is 0. The SMILES string of the molecule is NC(=O)NC(=O)c1ccc(Cl)c(NC(=O)CCl)c1. The van der Waals surface area contributed by atoms with Crippen LogP contribution < -0.4 is 16.4 Å². The number of nitrogens with one attached hydrogen (secondary N) is 2. The third-order valence-corrected chi connectivity index (χ3v) is 2.43. The van der Waals surface area contributed by atoms with Gasteiger partial charge in [-0.25, -0.2) is 4.79 Å². The van der Waals surface area contributed by atoms with E-state index in [1.807, 2.05) is 5.32 Å². The van der Waals surface area contributed by atoms with Crippen molar-refractivity contribution in [2.45, 2.75) is 0 Å². The van der Waals surface area contributed by atoms with Crippen molar-refractivity contribution < 1.29 is 14.4 Å². The Morgan fingerprint density at radius 3 is 2.50 bits per heavy atom. The molecule has 1 aromatic carbocycles. The number of imide groups is 1. The quantitative estimate of drug-likeness (QED) is 0.732. The van der Waals surface area contributed by atoms with Gasteiger partial charge in [0.1, 0.15) is 5.88 Å². The smallest absolute Gasteiger partial charge is 0.319 e. The number of carbonyl (C=O) groups is 3. The van der Waals surface area contributed by atoms with E-state index in [0.29, 0.717) is 0 Å². The summed E-state index contributed by atoms with van der Waals surface area (Å²) in [6.45, 7) is 0. The van der Waals surface area contributed by atoms with Crippen LogP contribution >= 0.6 is 23.2 Å². The summed E-state index contributed by atoms with van der Waals surface area (Å²) >= 11 is 11.2. The molecule has 0 aliphatic heterocycles. The van der Waals surface area contributed by atoms with Gasteiger partial charge in [0.2, 0.25) is 5.91 Å². The van der Waals surface area contributed by atoms with Gasteiger partial charge in [-0.2, -0.15) is 0 Å². The van der Waals surface area contributed by atoms with Crippen molar-refractivity contribution in [1.82, 2.24) is 5.32 Å². The highest BCUT2D eigenvalue weighted by atomic mass is 35.5. The van der Waals surface area contributed by atoms with Crippen LogP contribution in [0.15, 0.2) is 18.2 Å². The summed E-state index contributed by atoms with van der Waals surface area (Å²) in [5, 5.41) is 4.54. The van der Waals surface area contributed by atoms with Gasteiger partial charge in [-0.3, -0.25) is 14.9 Å². The van der Waals surface area contributed by atoms with E-state index in [0.717, 1.165) is 0 Å². The van der Waals surface area contributed by atoms with E-state index in [4.69, 9.17) is 28.9 Å². The zero-order valence-electron chi connectivity index (χ0n) is 9.00. The lowest BCUT2D eigenvalue weighted by Gasteiger charge is -2.08. The Morgan fingerprint density at radius 2 is 1.94 bits per heavy atom. The standard InChI is InChI=1S/C10H9Cl2N3O3/c11-4-8(16)14-7-3-5(1-2-6(7)12)9(17)15-10(13)18/h1-3H,4H2,(H,14,16)(H3,13,15,17,18). The topological polar surface area (TPSA) is 101 Å². The van der Waals surface area contributed by atoms with Crippen LogP contribution in [0.1, 0.15) is 10.4 Å². The van der Waals surface area contributed by atoms with Gasteiger partial charge >= 0.3 is 6.03 Å². The van der Waals surface area contributed by atoms with Crippen molar-refractivity contribution in [3.8, 4) is 0 Å². The van der Waals surface area contributed by atoms with Gasteiger partial charge in [0.25, 0.3) is 5.91 Å². The van der Waals surface area contributed by atoms with Crippen LogP contribution in [0.2, 0.25) is 5.02 Å². The predicted octanol–water partition coefficient (Wildman–Crippen LogP) is 1.33. The molecule has 96 valence electrons. The molecule has 0 spiro atoms. The van der Waals surface area contributed by atoms with Gasteiger partial charge in [-0.05, 0) is 18.2 Å². The van der Waals surface area contributed by atoms with Crippen molar-refractivity contribution in [3.05, 3.63) is 28.8 Å². The number of halogens is 2. The predicted molar refractivity (Wildman–Crippen MR) is 67.9 cm³/mol. The molecule has 0 fully saturated rings. The molecule has 4 amide bonds. The molecule has 0 saturated carbocycles. The molecule has 0 bridgehead atoms. The average Bonchev–Trinajstić information content (AvgIpc) is 2.30. The molecule has 0 unspecified atom stereocenters. The number of urea groups is 1. The lowest BCUT2D eigenvalue weighted by molar-refractivity contribution is -0.113.